The first-order valence-corrected chi connectivity index (χ1v) is 16.2. The second kappa shape index (κ2) is 8.07. The molecule has 6 aromatic carbocycles. The van der Waals surface area contributed by atoms with Crippen molar-refractivity contribution in [2.45, 2.75) is 6.55 Å². The van der Waals surface area contributed by atoms with E-state index in [1.54, 1.807) is 10.4 Å². The Hall–Kier alpha value is -4.86. The Bertz CT molecular complexity index is 2290. The van der Waals surface area contributed by atoms with Gasteiger partial charge in [0.05, 0.1) is 11.0 Å². The maximum Gasteiger partial charge on any atom is 0.135 e. The molecule has 0 N–H and O–H groups in total. The SMILES string of the molecule is C[SiH]1c2ccccc2-c2ccc3c4ccccc4n(-c4ccc(-c5ccc6oc7ccccc7c6c5)cc4)c3c21. The number of aromatic nitrogens is 1. The molecule has 188 valence electrons. The van der Waals surface area contributed by atoms with Gasteiger partial charge in [0.15, 0.2) is 0 Å². The van der Waals surface area contributed by atoms with Gasteiger partial charge in [-0.25, -0.2) is 0 Å². The van der Waals surface area contributed by atoms with Gasteiger partial charge in [-0.15, -0.1) is 0 Å². The van der Waals surface area contributed by atoms with Gasteiger partial charge in [-0.2, -0.15) is 0 Å². The molecule has 1 unspecified atom stereocenters. The minimum absolute atomic E-state index is 0.931. The van der Waals surface area contributed by atoms with Gasteiger partial charge in [-0.3, -0.25) is 0 Å². The predicted molar refractivity (Wildman–Crippen MR) is 171 cm³/mol. The lowest BCUT2D eigenvalue weighted by Crippen LogP contribution is -2.35. The minimum Gasteiger partial charge on any atom is -0.456 e. The Labute approximate surface area is 233 Å². The van der Waals surface area contributed by atoms with Crippen molar-refractivity contribution in [3.05, 3.63) is 127 Å². The number of fused-ring (bicyclic) bond motifs is 10. The Morgan fingerprint density at radius 1 is 0.550 bits per heavy atom. The van der Waals surface area contributed by atoms with Crippen LogP contribution in [0.2, 0.25) is 6.55 Å². The molecule has 40 heavy (non-hydrogen) atoms. The van der Waals surface area contributed by atoms with Crippen molar-refractivity contribution in [3.63, 3.8) is 0 Å². The summed E-state index contributed by atoms with van der Waals surface area (Å²) in [6.07, 6.45) is 0. The molecular formula is C37H25NOSi. The van der Waals surface area contributed by atoms with Crippen LogP contribution in [-0.2, 0) is 0 Å². The topological polar surface area (TPSA) is 18.1 Å². The standard InChI is InChI=1S/C37H25NOSi/c1-40-35-13-7-4-10-28(35)30-20-19-29-26-8-2-5-11-32(26)38(36(29)37(30)40)25-17-14-23(15-18-25)24-16-21-34-31(22-24)27-9-3-6-12-33(27)39-34/h2-22,40H,1H3. The van der Waals surface area contributed by atoms with E-state index in [1.165, 1.54) is 49.7 Å². The van der Waals surface area contributed by atoms with Crippen LogP contribution in [0.5, 0.6) is 0 Å². The maximum absolute atomic E-state index is 6.06. The summed E-state index contributed by atoms with van der Waals surface area (Å²) in [6, 6.07) is 46.5. The van der Waals surface area contributed by atoms with Gasteiger partial charge in [-0.05, 0) is 63.8 Å². The minimum atomic E-state index is -1.33. The van der Waals surface area contributed by atoms with E-state index in [1.807, 2.05) is 12.1 Å². The maximum atomic E-state index is 6.06. The van der Waals surface area contributed by atoms with Crippen LogP contribution in [0.25, 0.3) is 71.7 Å². The lowest BCUT2D eigenvalue weighted by Gasteiger charge is -2.14. The summed E-state index contributed by atoms with van der Waals surface area (Å²) in [5, 5.41) is 8.11. The van der Waals surface area contributed by atoms with E-state index in [4.69, 9.17) is 4.42 Å². The molecule has 1 aliphatic rings. The van der Waals surface area contributed by atoms with Crippen LogP contribution in [0, 0.1) is 0 Å². The number of benzene rings is 6. The van der Waals surface area contributed by atoms with E-state index in [0.29, 0.717) is 0 Å². The van der Waals surface area contributed by atoms with E-state index in [9.17, 15) is 0 Å². The van der Waals surface area contributed by atoms with E-state index in [2.05, 4.69) is 126 Å². The van der Waals surface area contributed by atoms with Crippen molar-refractivity contribution < 1.29 is 4.42 Å². The molecule has 0 radical (unpaired) electrons. The lowest BCUT2D eigenvalue weighted by molar-refractivity contribution is 0.669. The molecule has 1 atom stereocenters. The molecule has 3 heterocycles. The third-order valence-corrected chi connectivity index (χ3v) is 11.7. The molecule has 1 aliphatic heterocycles. The highest BCUT2D eigenvalue weighted by molar-refractivity contribution is 6.90. The molecule has 0 aliphatic carbocycles. The number of hydrogen-bond acceptors (Lipinski definition) is 1. The molecule has 8 aromatic rings. The molecule has 2 nitrogen and oxygen atoms in total. The zero-order valence-corrected chi connectivity index (χ0v) is 23.2. The normalized spacial score (nSPS) is 14.4. The smallest absolute Gasteiger partial charge is 0.135 e. The Kier molecular flexibility index (Phi) is 4.44. The van der Waals surface area contributed by atoms with Crippen molar-refractivity contribution >= 4 is 62.9 Å². The number of para-hydroxylation sites is 2. The zero-order valence-electron chi connectivity index (χ0n) is 22.1. The summed E-state index contributed by atoms with van der Waals surface area (Å²) < 4.78 is 8.57. The fourth-order valence-electron chi connectivity index (χ4n) is 7.01. The lowest BCUT2D eigenvalue weighted by atomic mass is 10.0. The molecule has 0 fully saturated rings. The number of hydrogen-bond donors (Lipinski definition) is 0. The van der Waals surface area contributed by atoms with Crippen LogP contribution in [0.4, 0.5) is 0 Å². The highest BCUT2D eigenvalue weighted by Gasteiger charge is 2.30. The first-order chi connectivity index (χ1) is 19.8. The van der Waals surface area contributed by atoms with Crippen LogP contribution in [0.15, 0.2) is 132 Å². The summed E-state index contributed by atoms with van der Waals surface area (Å²) in [5.41, 5.74) is 11.0. The summed E-state index contributed by atoms with van der Waals surface area (Å²) >= 11 is 0. The first kappa shape index (κ1) is 22.0. The monoisotopic (exact) mass is 527 g/mol. The number of nitrogens with zero attached hydrogens (tertiary/aromatic N) is 1. The largest absolute Gasteiger partial charge is 0.456 e. The van der Waals surface area contributed by atoms with Crippen molar-refractivity contribution in [2.75, 3.05) is 0 Å². The van der Waals surface area contributed by atoms with Gasteiger partial charge in [0, 0.05) is 27.2 Å². The van der Waals surface area contributed by atoms with Crippen molar-refractivity contribution in [2.24, 2.45) is 0 Å². The Morgan fingerprint density at radius 3 is 2.17 bits per heavy atom. The first-order valence-electron chi connectivity index (χ1n) is 13.9. The Morgan fingerprint density at radius 2 is 1.27 bits per heavy atom. The van der Waals surface area contributed by atoms with E-state index in [-0.39, 0.29) is 0 Å². The second-order valence-electron chi connectivity index (χ2n) is 10.9. The molecule has 0 saturated heterocycles. The number of rotatable bonds is 2. The van der Waals surface area contributed by atoms with Gasteiger partial charge in [-0.1, -0.05) is 103 Å². The zero-order chi connectivity index (χ0) is 26.4. The van der Waals surface area contributed by atoms with Crippen LogP contribution >= 0.6 is 0 Å². The van der Waals surface area contributed by atoms with E-state index >= 15 is 0 Å². The quantitative estimate of drug-likeness (QED) is 0.207. The second-order valence-corrected chi connectivity index (χ2v) is 13.6. The predicted octanol–water partition coefficient (Wildman–Crippen LogP) is 8.30. The fourth-order valence-corrected chi connectivity index (χ4v) is 9.85. The average molecular weight is 528 g/mol. The van der Waals surface area contributed by atoms with Crippen molar-refractivity contribution in [1.29, 1.82) is 0 Å². The fraction of sp³-hybridized carbons (Fsp3) is 0.0270. The molecule has 2 aromatic heterocycles. The molecule has 9 rings (SSSR count). The number of furan rings is 1. The van der Waals surface area contributed by atoms with E-state index < -0.39 is 8.80 Å². The summed E-state index contributed by atoms with van der Waals surface area (Å²) in [5.74, 6) is 0. The molecule has 0 bridgehead atoms. The third-order valence-electron chi connectivity index (χ3n) is 8.86. The van der Waals surface area contributed by atoms with E-state index in [0.717, 1.165) is 21.9 Å². The molecule has 0 spiro atoms. The van der Waals surface area contributed by atoms with Crippen LogP contribution < -0.4 is 10.4 Å². The average Bonchev–Trinajstić information content (AvgIpc) is 3.65. The molecule has 3 heteroatoms. The van der Waals surface area contributed by atoms with Gasteiger partial charge in [0.25, 0.3) is 0 Å². The molecule has 0 amide bonds. The van der Waals surface area contributed by atoms with Gasteiger partial charge in [0.2, 0.25) is 0 Å². The Balaban J connectivity index is 1.24. The van der Waals surface area contributed by atoms with Gasteiger partial charge in [0.1, 0.15) is 20.0 Å². The summed E-state index contributed by atoms with van der Waals surface area (Å²) in [4.78, 5) is 0. The molecule has 0 saturated carbocycles. The van der Waals surface area contributed by atoms with Gasteiger partial charge < -0.3 is 8.98 Å². The third kappa shape index (κ3) is 2.93. The highest BCUT2D eigenvalue weighted by Crippen LogP contribution is 2.37. The summed E-state index contributed by atoms with van der Waals surface area (Å²) in [6.45, 7) is 2.49. The highest BCUT2D eigenvalue weighted by atomic mass is 28.3. The summed E-state index contributed by atoms with van der Waals surface area (Å²) in [7, 11) is -1.33. The van der Waals surface area contributed by atoms with Crippen molar-refractivity contribution in [1.82, 2.24) is 4.57 Å². The van der Waals surface area contributed by atoms with Crippen LogP contribution in [-0.4, -0.2) is 13.4 Å². The van der Waals surface area contributed by atoms with Crippen molar-refractivity contribution in [3.8, 4) is 27.9 Å². The van der Waals surface area contributed by atoms with Gasteiger partial charge >= 0.3 is 0 Å². The van der Waals surface area contributed by atoms with Crippen LogP contribution in [0.1, 0.15) is 0 Å². The molecular weight excluding hydrogens is 502 g/mol. The van der Waals surface area contributed by atoms with Crippen LogP contribution in [0.3, 0.4) is 0 Å².